The summed E-state index contributed by atoms with van der Waals surface area (Å²) in [7, 11) is -3.40. The van der Waals surface area contributed by atoms with E-state index in [-0.39, 0.29) is 6.04 Å². The Hall–Kier alpha value is -0.520. The number of sulfonamides is 1. The van der Waals surface area contributed by atoms with Crippen molar-refractivity contribution in [2.75, 3.05) is 5.75 Å². The van der Waals surface area contributed by atoms with Crippen LogP contribution in [0.3, 0.4) is 0 Å². The van der Waals surface area contributed by atoms with E-state index in [1.807, 2.05) is 30.8 Å². The predicted molar refractivity (Wildman–Crippen MR) is 90.3 cm³/mol. The Morgan fingerprint density at radius 2 is 1.86 bits per heavy atom. The highest BCUT2D eigenvalue weighted by molar-refractivity contribution is 8.00. The lowest BCUT2D eigenvalue weighted by molar-refractivity contribution is 0.423. The standard InChI is InChI=1S/C16H25NO2S2/c1-3-12-20-16-7-5-4-6-15(16)17-21(18,19)14-10-8-13(2)9-11-14/h8-11,15-17H,3-7,12H2,1-2H3. The molecule has 118 valence electrons. The highest BCUT2D eigenvalue weighted by Gasteiger charge is 2.29. The quantitative estimate of drug-likeness (QED) is 0.866. The first-order chi connectivity index (χ1) is 10.0. The predicted octanol–water partition coefficient (Wildman–Crippen LogP) is 3.73. The highest BCUT2D eigenvalue weighted by atomic mass is 32.2. The third-order valence-corrected chi connectivity index (χ3v) is 7.02. The van der Waals surface area contributed by atoms with Crippen molar-refractivity contribution >= 4 is 21.8 Å². The molecule has 1 saturated carbocycles. The number of thioether (sulfide) groups is 1. The number of hydrogen-bond donors (Lipinski definition) is 1. The number of hydrogen-bond acceptors (Lipinski definition) is 3. The zero-order chi connectivity index (χ0) is 15.3. The van der Waals surface area contributed by atoms with E-state index < -0.39 is 10.0 Å². The van der Waals surface area contributed by atoms with Crippen molar-refractivity contribution in [3.8, 4) is 0 Å². The lowest BCUT2D eigenvalue weighted by Gasteiger charge is -2.31. The van der Waals surface area contributed by atoms with E-state index >= 15 is 0 Å². The molecular formula is C16H25NO2S2. The molecule has 0 aliphatic heterocycles. The Bertz CT molecular complexity index is 540. The molecule has 0 saturated heterocycles. The molecule has 0 heterocycles. The van der Waals surface area contributed by atoms with Gasteiger partial charge in [0.2, 0.25) is 10.0 Å². The molecule has 2 unspecified atom stereocenters. The second kappa shape index (κ2) is 7.65. The smallest absolute Gasteiger partial charge is 0.207 e. The SMILES string of the molecule is CCCSC1CCCCC1NS(=O)(=O)c1ccc(C)cc1. The van der Waals surface area contributed by atoms with Crippen LogP contribution in [0.4, 0.5) is 0 Å². The average molecular weight is 328 g/mol. The second-order valence-corrected chi connectivity index (χ2v) is 8.80. The van der Waals surface area contributed by atoms with Gasteiger partial charge in [0.05, 0.1) is 4.90 Å². The summed E-state index contributed by atoms with van der Waals surface area (Å²) in [5, 5.41) is 0.416. The van der Waals surface area contributed by atoms with Gasteiger partial charge in [0.15, 0.2) is 0 Å². The van der Waals surface area contributed by atoms with Gasteiger partial charge in [0.25, 0.3) is 0 Å². The van der Waals surface area contributed by atoms with Crippen LogP contribution in [0, 0.1) is 6.92 Å². The lowest BCUT2D eigenvalue weighted by Crippen LogP contribution is -2.43. The van der Waals surface area contributed by atoms with Crippen molar-refractivity contribution in [2.45, 2.75) is 62.1 Å². The van der Waals surface area contributed by atoms with E-state index in [1.54, 1.807) is 12.1 Å². The molecule has 1 aromatic rings. The maximum absolute atomic E-state index is 12.5. The fourth-order valence-corrected chi connectivity index (χ4v) is 5.39. The second-order valence-electron chi connectivity index (χ2n) is 5.73. The topological polar surface area (TPSA) is 46.2 Å². The minimum atomic E-state index is -3.40. The molecule has 3 nitrogen and oxygen atoms in total. The van der Waals surface area contributed by atoms with Crippen LogP contribution >= 0.6 is 11.8 Å². The van der Waals surface area contributed by atoms with E-state index in [1.165, 1.54) is 6.42 Å². The molecule has 1 N–H and O–H groups in total. The monoisotopic (exact) mass is 327 g/mol. The Kier molecular flexibility index (Phi) is 6.14. The van der Waals surface area contributed by atoms with Gasteiger partial charge in [0.1, 0.15) is 0 Å². The van der Waals surface area contributed by atoms with E-state index in [0.717, 1.165) is 37.0 Å². The van der Waals surface area contributed by atoms with Crippen LogP contribution in [-0.4, -0.2) is 25.5 Å². The Labute approximate surface area is 133 Å². The number of benzene rings is 1. The van der Waals surface area contributed by atoms with E-state index in [0.29, 0.717) is 10.1 Å². The summed E-state index contributed by atoms with van der Waals surface area (Å²) in [6, 6.07) is 7.14. The zero-order valence-corrected chi connectivity index (χ0v) is 14.5. The summed E-state index contributed by atoms with van der Waals surface area (Å²) in [5.41, 5.74) is 1.07. The third kappa shape index (κ3) is 4.73. The molecule has 2 rings (SSSR count). The summed E-state index contributed by atoms with van der Waals surface area (Å²) >= 11 is 1.92. The van der Waals surface area contributed by atoms with Gasteiger partial charge in [-0.05, 0) is 44.1 Å². The first-order valence-corrected chi connectivity index (χ1v) is 10.3. The number of aryl methyl sites for hydroxylation is 1. The van der Waals surface area contributed by atoms with Gasteiger partial charge in [-0.2, -0.15) is 11.8 Å². The minimum absolute atomic E-state index is 0.0709. The van der Waals surface area contributed by atoms with E-state index in [9.17, 15) is 8.42 Å². The van der Waals surface area contributed by atoms with Crippen LogP contribution in [-0.2, 0) is 10.0 Å². The minimum Gasteiger partial charge on any atom is -0.207 e. The molecule has 0 radical (unpaired) electrons. The van der Waals surface area contributed by atoms with Crippen LogP contribution in [0.15, 0.2) is 29.2 Å². The normalized spacial score (nSPS) is 23.1. The average Bonchev–Trinajstić information content (AvgIpc) is 2.46. The molecule has 1 aliphatic rings. The summed E-state index contributed by atoms with van der Waals surface area (Å²) < 4.78 is 28.0. The van der Waals surface area contributed by atoms with Crippen LogP contribution in [0.5, 0.6) is 0 Å². The largest absolute Gasteiger partial charge is 0.240 e. The molecule has 1 aliphatic carbocycles. The Morgan fingerprint density at radius 1 is 1.19 bits per heavy atom. The zero-order valence-electron chi connectivity index (χ0n) is 12.8. The van der Waals surface area contributed by atoms with Crippen molar-refractivity contribution < 1.29 is 8.42 Å². The van der Waals surface area contributed by atoms with Crippen molar-refractivity contribution in [1.29, 1.82) is 0 Å². The maximum atomic E-state index is 12.5. The number of nitrogens with one attached hydrogen (secondary N) is 1. The summed E-state index contributed by atoms with van der Waals surface area (Å²) in [6.45, 7) is 4.13. The molecule has 1 fully saturated rings. The maximum Gasteiger partial charge on any atom is 0.240 e. The van der Waals surface area contributed by atoms with Crippen molar-refractivity contribution in [3.05, 3.63) is 29.8 Å². The Morgan fingerprint density at radius 3 is 2.52 bits per heavy atom. The summed E-state index contributed by atoms with van der Waals surface area (Å²) in [5.74, 6) is 1.10. The molecule has 1 aromatic carbocycles. The molecule has 0 amide bonds. The summed E-state index contributed by atoms with van der Waals surface area (Å²) in [4.78, 5) is 0.373. The van der Waals surface area contributed by atoms with Gasteiger partial charge in [-0.1, -0.05) is 37.5 Å². The molecular weight excluding hydrogens is 302 g/mol. The van der Waals surface area contributed by atoms with E-state index in [2.05, 4.69) is 11.6 Å². The fraction of sp³-hybridized carbons (Fsp3) is 0.625. The van der Waals surface area contributed by atoms with Crippen molar-refractivity contribution in [2.24, 2.45) is 0 Å². The molecule has 5 heteroatoms. The summed E-state index contributed by atoms with van der Waals surface area (Å²) in [6.07, 6.45) is 5.53. The van der Waals surface area contributed by atoms with Gasteiger partial charge < -0.3 is 0 Å². The van der Waals surface area contributed by atoms with Crippen LogP contribution < -0.4 is 4.72 Å². The Balaban J connectivity index is 2.08. The lowest BCUT2D eigenvalue weighted by atomic mass is 9.96. The van der Waals surface area contributed by atoms with Crippen molar-refractivity contribution in [3.63, 3.8) is 0 Å². The van der Waals surface area contributed by atoms with Gasteiger partial charge in [-0.3, -0.25) is 0 Å². The van der Waals surface area contributed by atoms with Gasteiger partial charge in [-0.25, -0.2) is 13.1 Å². The molecule has 21 heavy (non-hydrogen) atoms. The van der Waals surface area contributed by atoms with Crippen molar-refractivity contribution in [1.82, 2.24) is 4.72 Å². The van der Waals surface area contributed by atoms with E-state index in [4.69, 9.17) is 0 Å². The van der Waals surface area contributed by atoms with Crippen LogP contribution in [0.25, 0.3) is 0 Å². The fourth-order valence-electron chi connectivity index (χ4n) is 2.69. The molecule has 2 atom stereocenters. The highest BCUT2D eigenvalue weighted by Crippen LogP contribution is 2.30. The van der Waals surface area contributed by atoms with Crippen LogP contribution in [0.2, 0.25) is 0 Å². The molecule has 0 bridgehead atoms. The van der Waals surface area contributed by atoms with Gasteiger partial charge in [-0.15, -0.1) is 0 Å². The third-order valence-electron chi connectivity index (χ3n) is 3.88. The molecule has 0 aromatic heterocycles. The van der Waals surface area contributed by atoms with Gasteiger partial charge in [0, 0.05) is 11.3 Å². The molecule has 0 spiro atoms. The van der Waals surface area contributed by atoms with Gasteiger partial charge >= 0.3 is 0 Å². The first kappa shape index (κ1) is 16.8. The van der Waals surface area contributed by atoms with Crippen LogP contribution in [0.1, 0.15) is 44.6 Å². The first-order valence-electron chi connectivity index (χ1n) is 7.73. The number of rotatable bonds is 6.